The smallest absolute Gasteiger partial charge is 0.161 e. The molecule has 8 heteroatoms. The zero-order valence-corrected chi connectivity index (χ0v) is 21.6. The van der Waals surface area contributed by atoms with Crippen molar-refractivity contribution in [3.63, 3.8) is 0 Å². The van der Waals surface area contributed by atoms with Gasteiger partial charge >= 0.3 is 0 Å². The lowest BCUT2D eigenvalue weighted by molar-refractivity contribution is 0.0152. The second-order valence-corrected chi connectivity index (χ2v) is 9.78. The van der Waals surface area contributed by atoms with Gasteiger partial charge < -0.3 is 29.2 Å². The van der Waals surface area contributed by atoms with Crippen LogP contribution in [0.5, 0.6) is 23.0 Å². The number of aliphatic hydroxyl groups excluding tert-OH is 2. The lowest BCUT2D eigenvalue weighted by atomic mass is 9.94. The first-order valence-corrected chi connectivity index (χ1v) is 13.0. The molecular weight excluding hydrogens is 460 g/mol. The number of nitrogens with one attached hydrogen (secondary N) is 1. The van der Waals surface area contributed by atoms with Gasteiger partial charge in [-0.3, -0.25) is 10.2 Å². The van der Waals surface area contributed by atoms with E-state index in [1.165, 1.54) is 6.42 Å². The predicted molar refractivity (Wildman–Crippen MR) is 138 cm³/mol. The number of hydrogen-bond donors (Lipinski definition) is 3. The molecule has 2 aromatic rings. The average molecular weight is 501 g/mol. The molecule has 1 fully saturated rings. The summed E-state index contributed by atoms with van der Waals surface area (Å²) < 4.78 is 22.3. The summed E-state index contributed by atoms with van der Waals surface area (Å²) in [6.07, 6.45) is 2.19. The highest BCUT2D eigenvalue weighted by atomic mass is 16.6. The number of methoxy groups -OCH3 is 1. The Balaban J connectivity index is 1.42. The number of benzene rings is 2. The van der Waals surface area contributed by atoms with E-state index in [1.807, 2.05) is 42.5 Å². The van der Waals surface area contributed by atoms with Crippen LogP contribution in [-0.4, -0.2) is 72.9 Å². The first-order chi connectivity index (χ1) is 17.4. The molecule has 0 radical (unpaired) electrons. The van der Waals surface area contributed by atoms with E-state index in [9.17, 15) is 10.2 Å². The van der Waals surface area contributed by atoms with Gasteiger partial charge in [-0.15, -0.1) is 0 Å². The maximum absolute atomic E-state index is 11.4. The quantitative estimate of drug-likeness (QED) is 0.404. The predicted octanol–water partition coefficient (Wildman–Crippen LogP) is 3.51. The van der Waals surface area contributed by atoms with Crippen LogP contribution in [0.4, 0.5) is 0 Å². The molecule has 2 aliphatic rings. The zero-order valence-electron chi connectivity index (χ0n) is 21.6. The molecule has 8 nitrogen and oxygen atoms in total. The van der Waals surface area contributed by atoms with Gasteiger partial charge in [0.2, 0.25) is 0 Å². The monoisotopic (exact) mass is 500 g/mol. The van der Waals surface area contributed by atoms with Gasteiger partial charge in [-0.1, -0.05) is 12.5 Å². The van der Waals surface area contributed by atoms with Crippen molar-refractivity contribution >= 4 is 0 Å². The molecule has 0 spiro atoms. The summed E-state index contributed by atoms with van der Waals surface area (Å²) in [5, 5.41) is 25.6. The van der Waals surface area contributed by atoms with Gasteiger partial charge in [-0.2, -0.15) is 0 Å². The summed E-state index contributed by atoms with van der Waals surface area (Å²) in [7, 11) is 1.62. The SMILES string of the molecule is COc1ccc(OCCC(O)N[C@H](CN2C(C)CCCC2C)C(O)c2ccc3c(c2)OCCO3)cc1. The molecule has 4 rings (SSSR count). The molecule has 2 aliphatic heterocycles. The fourth-order valence-electron chi connectivity index (χ4n) is 5.07. The second kappa shape index (κ2) is 12.6. The maximum atomic E-state index is 11.4. The molecule has 0 aliphatic carbocycles. The van der Waals surface area contributed by atoms with E-state index in [-0.39, 0.29) is 6.04 Å². The minimum Gasteiger partial charge on any atom is -0.497 e. The summed E-state index contributed by atoms with van der Waals surface area (Å²) in [6.45, 7) is 6.45. The molecule has 4 unspecified atom stereocenters. The van der Waals surface area contributed by atoms with Crippen LogP contribution in [0.25, 0.3) is 0 Å². The molecule has 2 aromatic carbocycles. The Morgan fingerprint density at radius 1 is 0.972 bits per heavy atom. The average Bonchev–Trinajstić information content (AvgIpc) is 2.90. The lowest BCUT2D eigenvalue weighted by Gasteiger charge is -2.42. The fourth-order valence-corrected chi connectivity index (χ4v) is 5.07. The number of hydrogen-bond acceptors (Lipinski definition) is 8. The van der Waals surface area contributed by atoms with Gasteiger partial charge in [-0.25, -0.2) is 0 Å². The van der Waals surface area contributed by atoms with E-state index in [0.717, 1.165) is 24.2 Å². The minimum atomic E-state index is -0.837. The molecule has 5 atom stereocenters. The van der Waals surface area contributed by atoms with Crippen molar-refractivity contribution in [3.05, 3.63) is 48.0 Å². The highest BCUT2D eigenvalue weighted by Gasteiger charge is 2.32. The zero-order chi connectivity index (χ0) is 25.5. The number of piperidine rings is 1. The molecule has 0 saturated carbocycles. The van der Waals surface area contributed by atoms with Crippen LogP contribution < -0.4 is 24.3 Å². The van der Waals surface area contributed by atoms with Crippen molar-refractivity contribution in [1.29, 1.82) is 0 Å². The third kappa shape index (κ3) is 6.82. The Bertz CT molecular complexity index is 946. The van der Waals surface area contributed by atoms with Gasteiger partial charge in [0.05, 0.1) is 25.9 Å². The molecule has 0 aromatic heterocycles. The first kappa shape index (κ1) is 26.5. The Morgan fingerprint density at radius 3 is 2.33 bits per heavy atom. The van der Waals surface area contributed by atoms with E-state index >= 15 is 0 Å². The van der Waals surface area contributed by atoms with Gasteiger partial charge in [0.25, 0.3) is 0 Å². The summed E-state index contributed by atoms with van der Waals surface area (Å²) in [5.74, 6) is 2.81. The maximum Gasteiger partial charge on any atom is 0.161 e. The van der Waals surface area contributed by atoms with Crippen molar-refractivity contribution in [2.45, 2.75) is 70.0 Å². The van der Waals surface area contributed by atoms with E-state index < -0.39 is 12.3 Å². The summed E-state index contributed by atoms with van der Waals surface area (Å²) in [4.78, 5) is 2.43. The van der Waals surface area contributed by atoms with Crippen LogP contribution in [0.15, 0.2) is 42.5 Å². The number of aliphatic hydroxyl groups is 2. The number of likely N-dealkylation sites (tertiary alicyclic amines) is 1. The van der Waals surface area contributed by atoms with Gasteiger partial charge in [0.15, 0.2) is 11.5 Å². The van der Waals surface area contributed by atoms with Crippen LogP contribution in [-0.2, 0) is 0 Å². The number of rotatable bonds is 11. The van der Waals surface area contributed by atoms with Crippen LogP contribution in [0.1, 0.15) is 51.2 Å². The standard InChI is InChI=1S/C28H40N2O6/c1-19-5-4-6-20(2)30(19)18-24(28(32)21-7-12-25-26(17-21)36-16-15-35-25)29-27(31)13-14-34-23-10-8-22(33-3)9-11-23/h7-12,17,19-20,24,27-29,31-32H,4-6,13-16,18H2,1-3H3/t19?,20?,24-,27?,28?/m1/s1. The third-order valence-corrected chi connectivity index (χ3v) is 7.20. The van der Waals surface area contributed by atoms with Gasteiger partial charge in [0.1, 0.15) is 30.9 Å². The Kier molecular flexibility index (Phi) is 9.31. The molecule has 3 N–H and O–H groups in total. The van der Waals surface area contributed by atoms with Crippen molar-refractivity contribution in [2.24, 2.45) is 0 Å². The summed E-state index contributed by atoms with van der Waals surface area (Å²) in [6, 6.07) is 13.4. The normalized spacial score (nSPS) is 22.5. The summed E-state index contributed by atoms with van der Waals surface area (Å²) in [5.41, 5.74) is 0.732. The van der Waals surface area contributed by atoms with Crippen LogP contribution in [0.3, 0.4) is 0 Å². The highest BCUT2D eigenvalue weighted by molar-refractivity contribution is 5.44. The van der Waals surface area contributed by atoms with Gasteiger partial charge in [-0.05, 0) is 68.7 Å². The molecule has 0 bridgehead atoms. The molecule has 36 heavy (non-hydrogen) atoms. The van der Waals surface area contributed by atoms with E-state index in [2.05, 4.69) is 24.1 Å². The lowest BCUT2D eigenvalue weighted by Crippen LogP contribution is -2.54. The van der Waals surface area contributed by atoms with Crippen molar-refractivity contribution < 1.29 is 29.2 Å². The first-order valence-electron chi connectivity index (χ1n) is 13.0. The molecule has 2 heterocycles. The molecular formula is C28H40N2O6. The van der Waals surface area contributed by atoms with Crippen LogP contribution in [0, 0.1) is 0 Å². The second-order valence-electron chi connectivity index (χ2n) is 9.78. The summed E-state index contributed by atoms with van der Waals surface area (Å²) >= 11 is 0. The minimum absolute atomic E-state index is 0.337. The van der Waals surface area contributed by atoms with E-state index in [1.54, 1.807) is 7.11 Å². The number of fused-ring (bicyclic) bond motifs is 1. The fraction of sp³-hybridized carbons (Fsp3) is 0.571. The van der Waals surface area contributed by atoms with Crippen LogP contribution in [0.2, 0.25) is 0 Å². The van der Waals surface area contributed by atoms with E-state index in [0.29, 0.717) is 62.1 Å². The Labute approximate surface area is 214 Å². The Morgan fingerprint density at radius 2 is 1.64 bits per heavy atom. The molecule has 1 saturated heterocycles. The third-order valence-electron chi connectivity index (χ3n) is 7.20. The highest BCUT2D eigenvalue weighted by Crippen LogP contribution is 2.34. The number of nitrogens with zero attached hydrogens (tertiary/aromatic N) is 1. The van der Waals surface area contributed by atoms with Crippen LogP contribution >= 0.6 is 0 Å². The van der Waals surface area contributed by atoms with E-state index in [4.69, 9.17) is 18.9 Å². The van der Waals surface area contributed by atoms with Gasteiger partial charge in [0, 0.05) is 25.0 Å². The number of ether oxygens (including phenoxy) is 4. The molecule has 0 amide bonds. The largest absolute Gasteiger partial charge is 0.497 e. The van der Waals surface area contributed by atoms with Crippen molar-refractivity contribution in [2.75, 3.05) is 33.5 Å². The topological polar surface area (TPSA) is 92.7 Å². The van der Waals surface area contributed by atoms with Crippen molar-refractivity contribution in [1.82, 2.24) is 10.2 Å². The van der Waals surface area contributed by atoms with Crippen molar-refractivity contribution in [3.8, 4) is 23.0 Å². The Hall–Kier alpha value is -2.52. The molecule has 198 valence electrons.